The maximum absolute atomic E-state index is 12.8. The van der Waals surface area contributed by atoms with Crippen molar-refractivity contribution in [3.63, 3.8) is 0 Å². The van der Waals surface area contributed by atoms with E-state index in [1.54, 1.807) is 0 Å². The lowest BCUT2D eigenvalue weighted by atomic mass is 10.1. The Labute approximate surface area is 209 Å². The first kappa shape index (κ1) is 22.4. The van der Waals surface area contributed by atoms with Crippen LogP contribution in [0.3, 0.4) is 0 Å². The normalized spacial score (nSPS) is 23.2. The zero-order valence-corrected chi connectivity index (χ0v) is 20.5. The van der Waals surface area contributed by atoms with E-state index in [-0.39, 0.29) is 11.9 Å². The Morgan fingerprint density at radius 3 is 2.66 bits per heavy atom. The van der Waals surface area contributed by atoms with E-state index < -0.39 is 0 Å². The van der Waals surface area contributed by atoms with Crippen LogP contribution in [0.15, 0.2) is 48.5 Å². The highest BCUT2D eigenvalue weighted by Crippen LogP contribution is 2.29. The third kappa shape index (κ3) is 4.27. The molecule has 3 aliphatic heterocycles. The lowest BCUT2D eigenvalue weighted by Crippen LogP contribution is -2.51. The molecule has 6 rings (SSSR count). The van der Waals surface area contributed by atoms with Gasteiger partial charge in [0, 0.05) is 56.8 Å². The lowest BCUT2D eigenvalue weighted by Gasteiger charge is -2.38. The van der Waals surface area contributed by atoms with Gasteiger partial charge in [-0.25, -0.2) is 4.98 Å². The fourth-order valence-electron chi connectivity index (χ4n) is 5.46. The Hall–Kier alpha value is -3.06. The Balaban J connectivity index is 1.18. The van der Waals surface area contributed by atoms with Crippen LogP contribution >= 0.6 is 11.8 Å². The van der Waals surface area contributed by atoms with Crippen molar-refractivity contribution in [2.24, 2.45) is 0 Å². The second-order valence-electron chi connectivity index (χ2n) is 9.41. The summed E-state index contributed by atoms with van der Waals surface area (Å²) >= 11 is 1.84. The molecular weight excluding hydrogens is 458 g/mol. The Morgan fingerprint density at radius 1 is 1.09 bits per heavy atom. The maximum atomic E-state index is 12.8. The van der Waals surface area contributed by atoms with Crippen LogP contribution < -0.4 is 10.2 Å². The molecule has 0 spiro atoms. The van der Waals surface area contributed by atoms with E-state index in [0.29, 0.717) is 11.6 Å². The number of aromatic nitrogens is 2. The number of nitrogens with one attached hydrogen (secondary N) is 1. The van der Waals surface area contributed by atoms with E-state index >= 15 is 0 Å². The molecule has 3 aromatic rings. The summed E-state index contributed by atoms with van der Waals surface area (Å²) in [6.45, 7) is 5.38. The fraction of sp³-hybridized carbons (Fsp3) is 0.423. The van der Waals surface area contributed by atoms with Crippen LogP contribution in [0, 0.1) is 11.3 Å². The van der Waals surface area contributed by atoms with Gasteiger partial charge in [-0.2, -0.15) is 5.26 Å². The second kappa shape index (κ2) is 9.53. The number of carbonyl (C=O) groups is 1. The summed E-state index contributed by atoms with van der Waals surface area (Å²) in [7, 11) is 0. The van der Waals surface area contributed by atoms with Gasteiger partial charge in [-0.05, 0) is 36.8 Å². The van der Waals surface area contributed by atoms with Gasteiger partial charge < -0.3 is 15.1 Å². The van der Waals surface area contributed by atoms with Crippen molar-refractivity contribution in [2.75, 3.05) is 55.8 Å². The number of amides is 1. The van der Waals surface area contributed by atoms with E-state index in [4.69, 9.17) is 4.98 Å². The van der Waals surface area contributed by atoms with Gasteiger partial charge in [0.1, 0.15) is 0 Å². The van der Waals surface area contributed by atoms with Gasteiger partial charge in [-0.1, -0.05) is 18.2 Å². The van der Waals surface area contributed by atoms with Crippen LogP contribution in [-0.4, -0.2) is 88.2 Å². The molecule has 1 N–H and O–H groups in total. The molecule has 0 saturated carbocycles. The van der Waals surface area contributed by atoms with Gasteiger partial charge in [0.05, 0.1) is 34.6 Å². The molecule has 35 heavy (non-hydrogen) atoms. The average molecular weight is 488 g/mol. The zero-order chi connectivity index (χ0) is 23.8. The number of anilines is 1. The summed E-state index contributed by atoms with van der Waals surface area (Å²) in [5.41, 5.74) is 3.54. The first-order chi connectivity index (χ1) is 17.2. The molecule has 9 heteroatoms. The quantitative estimate of drug-likeness (QED) is 0.605. The van der Waals surface area contributed by atoms with E-state index in [9.17, 15) is 10.1 Å². The molecule has 8 nitrogen and oxygen atoms in total. The molecule has 0 radical (unpaired) electrons. The number of hydrogen-bond donors (Lipinski definition) is 1. The zero-order valence-electron chi connectivity index (χ0n) is 19.6. The van der Waals surface area contributed by atoms with E-state index in [0.717, 1.165) is 80.0 Å². The molecule has 0 bridgehead atoms. The number of hydrogen-bond acceptors (Lipinski definition) is 7. The van der Waals surface area contributed by atoms with E-state index in [2.05, 4.69) is 37.9 Å². The van der Waals surface area contributed by atoms with Crippen molar-refractivity contribution in [1.82, 2.24) is 24.7 Å². The largest absolute Gasteiger partial charge is 0.339 e. The average Bonchev–Trinajstić information content (AvgIpc) is 3.68. The molecule has 3 fully saturated rings. The highest BCUT2D eigenvalue weighted by molar-refractivity contribution is 7.99. The highest BCUT2D eigenvalue weighted by Gasteiger charge is 2.37. The fourth-order valence-corrected chi connectivity index (χ4v) is 6.41. The Morgan fingerprint density at radius 2 is 1.91 bits per heavy atom. The number of carbonyl (C=O) groups excluding carboxylic acids is 1. The molecular formula is C26H29N7OS. The number of fused-ring (bicyclic) bond motifs is 1. The molecule has 0 aliphatic carbocycles. The van der Waals surface area contributed by atoms with Gasteiger partial charge in [-0.3, -0.25) is 14.3 Å². The first-order valence-corrected chi connectivity index (χ1v) is 13.4. The van der Waals surface area contributed by atoms with Crippen molar-refractivity contribution >= 4 is 34.7 Å². The van der Waals surface area contributed by atoms with E-state index in [1.165, 1.54) is 0 Å². The lowest BCUT2D eigenvalue weighted by molar-refractivity contribution is -0.131. The molecule has 3 saturated heterocycles. The minimum absolute atomic E-state index is 0.0478. The molecule has 2 aromatic carbocycles. The summed E-state index contributed by atoms with van der Waals surface area (Å²) in [4.78, 5) is 24.7. The number of nitrogens with zero attached hydrogens (tertiary/aromatic N) is 6. The molecule has 3 aliphatic rings. The van der Waals surface area contributed by atoms with Crippen molar-refractivity contribution in [1.29, 1.82) is 5.26 Å². The number of piperazine rings is 1. The third-order valence-corrected chi connectivity index (χ3v) is 8.33. The predicted molar refractivity (Wildman–Crippen MR) is 139 cm³/mol. The summed E-state index contributed by atoms with van der Waals surface area (Å²) in [5.74, 6) is 3.07. The molecule has 1 aromatic heterocycles. The van der Waals surface area contributed by atoms with Crippen molar-refractivity contribution in [2.45, 2.75) is 18.5 Å². The monoisotopic (exact) mass is 487 g/mol. The smallest absolute Gasteiger partial charge is 0.240 e. The summed E-state index contributed by atoms with van der Waals surface area (Å²) in [6.07, 6.45) is 0.888. The van der Waals surface area contributed by atoms with Crippen LogP contribution in [0.2, 0.25) is 0 Å². The number of imidazole rings is 1. The van der Waals surface area contributed by atoms with Crippen molar-refractivity contribution < 1.29 is 4.79 Å². The van der Waals surface area contributed by atoms with Crippen LogP contribution in [0.25, 0.3) is 16.7 Å². The minimum atomic E-state index is -0.0478. The molecule has 0 unspecified atom stereocenters. The standard InChI is InChI=1S/C26H29N7OS/c27-16-19-6-7-24-22(14-19)29-26(33(24)20-4-2-1-3-5-20)31-10-8-30(9-11-31)21-15-23(28-17-21)25(34)32-12-13-35-18-32/h1-7,14,21,23,28H,8-13,15,17-18H2/t21-,23-/m0/s1. The number of para-hydroxylation sites is 1. The van der Waals surface area contributed by atoms with Crippen LogP contribution in [0.4, 0.5) is 5.95 Å². The Kier molecular flexibility index (Phi) is 6.10. The molecule has 1 amide bonds. The van der Waals surface area contributed by atoms with Gasteiger partial charge in [0.15, 0.2) is 0 Å². The number of benzene rings is 2. The highest BCUT2D eigenvalue weighted by atomic mass is 32.2. The predicted octanol–water partition coefficient (Wildman–Crippen LogP) is 2.28. The summed E-state index contributed by atoms with van der Waals surface area (Å²) in [6, 6.07) is 18.6. The van der Waals surface area contributed by atoms with Crippen LogP contribution in [-0.2, 0) is 4.79 Å². The number of rotatable bonds is 4. The summed E-state index contributed by atoms with van der Waals surface area (Å²) in [5, 5.41) is 12.8. The van der Waals surface area contributed by atoms with Crippen LogP contribution in [0.1, 0.15) is 12.0 Å². The molecule has 2 atom stereocenters. The Bertz CT molecular complexity index is 1260. The van der Waals surface area contributed by atoms with Gasteiger partial charge in [0.2, 0.25) is 11.9 Å². The molecule has 4 heterocycles. The SMILES string of the molecule is N#Cc1ccc2c(c1)nc(N1CCN([C@@H]3CN[C@H](C(=O)N4CCSC4)C3)CC1)n2-c1ccccc1. The van der Waals surface area contributed by atoms with Crippen LogP contribution in [0.5, 0.6) is 0 Å². The first-order valence-electron chi connectivity index (χ1n) is 12.3. The minimum Gasteiger partial charge on any atom is -0.339 e. The molecule has 180 valence electrons. The van der Waals surface area contributed by atoms with Gasteiger partial charge >= 0.3 is 0 Å². The second-order valence-corrected chi connectivity index (χ2v) is 10.5. The van der Waals surface area contributed by atoms with Crippen molar-refractivity contribution in [3.05, 3.63) is 54.1 Å². The van der Waals surface area contributed by atoms with Gasteiger partial charge in [0.25, 0.3) is 0 Å². The van der Waals surface area contributed by atoms with E-state index in [1.807, 2.05) is 53.1 Å². The third-order valence-electron chi connectivity index (χ3n) is 7.36. The topological polar surface area (TPSA) is 80.4 Å². The van der Waals surface area contributed by atoms with Crippen molar-refractivity contribution in [3.8, 4) is 11.8 Å². The maximum Gasteiger partial charge on any atom is 0.240 e. The van der Waals surface area contributed by atoms with Gasteiger partial charge in [-0.15, -0.1) is 11.8 Å². The number of thioether (sulfide) groups is 1. The number of nitriles is 1. The summed E-state index contributed by atoms with van der Waals surface area (Å²) < 4.78 is 2.20.